The zero-order valence-corrected chi connectivity index (χ0v) is 14.9. The van der Waals surface area contributed by atoms with Gasteiger partial charge in [-0.2, -0.15) is 13.7 Å². The maximum atomic E-state index is 12.1. The molecule has 10 heteroatoms. The number of hydrogen-bond donors (Lipinski definition) is 3. The van der Waals surface area contributed by atoms with Gasteiger partial charge in [0.1, 0.15) is 11.6 Å². The van der Waals surface area contributed by atoms with Crippen molar-refractivity contribution in [1.82, 2.24) is 4.98 Å². The van der Waals surface area contributed by atoms with E-state index in [0.717, 1.165) is 22.7 Å². The standard InChI is InChI=1S/C15H14N4O4S2/c1-9-10(2)24-15(18-9)17-8-11(7-16)14(20)19-12-3-5-13(6-4-12)25(21,22)23/h3-6,8H,1-2H3,(H,17,18)(H,19,20)(H,21,22,23)/b11-8-. The van der Waals surface area contributed by atoms with Crippen LogP contribution in [0.3, 0.4) is 0 Å². The monoisotopic (exact) mass is 378 g/mol. The number of rotatable bonds is 5. The molecular formula is C15H14N4O4S2. The number of aromatic nitrogens is 1. The SMILES string of the molecule is Cc1nc(N/C=C(/C#N)C(=O)Nc2ccc(S(=O)(=O)O)cc2)sc1C. The van der Waals surface area contributed by atoms with Gasteiger partial charge in [0, 0.05) is 16.8 Å². The summed E-state index contributed by atoms with van der Waals surface area (Å²) in [6, 6.07) is 6.66. The summed E-state index contributed by atoms with van der Waals surface area (Å²) >= 11 is 1.40. The quantitative estimate of drug-likeness (QED) is 0.413. The molecule has 0 atom stereocenters. The van der Waals surface area contributed by atoms with Gasteiger partial charge in [-0.05, 0) is 38.1 Å². The molecule has 0 aliphatic rings. The molecule has 0 radical (unpaired) electrons. The van der Waals surface area contributed by atoms with E-state index in [1.54, 1.807) is 6.07 Å². The molecular weight excluding hydrogens is 364 g/mol. The second-order valence-corrected chi connectivity index (χ2v) is 7.55. The van der Waals surface area contributed by atoms with Crippen LogP contribution in [0, 0.1) is 25.2 Å². The molecule has 0 aliphatic heterocycles. The zero-order valence-electron chi connectivity index (χ0n) is 13.3. The normalized spacial score (nSPS) is 11.7. The minimum absolute atomic E-state index is 0.177. The first-order chi connectivity index (χ1) is 11.7. The number of amides is 1. The molecule has 0 bridgehead atoms. The van der Waals surface area contributed by atoms with Gasteiger partial charge in [0.05, 0.1) is 10.6 Å². The highest BCUT2D eigenvalue weighted by Crippen LogP contribution is 2.21. The number of aryl methyl sites for hydroxylation is 2. The second-order valence-electron chi connectivity index (χ2n) is 4.93. The van der Waals surface area contributed by atoms with E-state index in [9.17, 15) is 13.2 Å². The molecule has 0 spiro atoms. The van der Waals surface area contributed by atoms with Crippen LogP contribution in [-0.4, -0.2) is 23.9 Å². The van der Waals surface area contributed by atoms with E-state index >= 15 is 0 Å². The average Bonchev–Trinajstić information content (AvgIpc) is 2.86. The van der Waals surface area contributed by atoms with Gasteiger partial charge in [0.25, 0.3) is 16.0 Å². The minimum atomic E-state index is -4.30. The molecule has 25 heavy (non-hydrogen) atoms. The summed E-state index contributed by atoms with van der Waals surface area (Å²) in [5.74, 6) is -0.667. The van der Waals surface area contributed by atoms with Crippen LogP contribution < -0.4 is 10.6 Å². The van der Waals surface area contributed by atoms with Gasteiger partial charge in [0.15, 0.2) is 5.13 Å². The van der Waals surface area contributed by atoms with Crippen molar-refractivity contribution >= 4 is 38.2 Å². The minimum Gasteiger partial charge on any atom is -0.337 e. The maximum Gasteiger partial charge on any atom is 0.294 e. The van der Waals surface area contributed by atoms with Crippen molar-refractivity contribution in [3.8, 4) is 6.07 Å². The molecule has 0 saturated heterocycles. The number of thiazole rings is 1. The first kappa shape index (κ1) is 18.6. The summed E-state index contributed by atoms with van der Waals surface area (Å²) in [5.41, 5.74) is 0.964. The molecule has 0 saturated carbocycles. The predicted octanol–water partition coefficient (Wildman–Crippen LogP) is 2.46. The third kappa shape index (κ3) is 4.87. The molecule has 1 amide bonds. The number of benzene rings is 1. The number of nitriles is 1. The first-order valence-corrected chi connectivity index (χ1v) is 9.16. The van der Waals surface area contributed by atoms with Gasteiger partial charge in [-0.15, -0.1) is 11.3 Å². The van der Waals surface area contributed by atoms with Crippen molar-refractivity contribution in [3.63, 3.8) is 0 Å². The molecule has 0 aliphatic carbocycles. The number of hydrogen-bond acceptors (Lipinski definition) is 7. The Bertz CT molecular complexity index is 950. The molecule has 1 aromatic heterocycles. The van der Waals surface area contributed by atoms with Crippen LogP contribution in [0.5, 0.6) is 0 Å². The van der Waals surface area contributed by atoms with Crippen LogP contribution in [0.25, 0.3) is 0 Å². The Hall–Kier alpha value is -2.74. The van der Waals surface area contributed by atoms with Crippen molar-refractivity contribution in [1.29, 1.82) is 5.26 Å². The molecule has 2 aromatic rings. The molecule has 1 heterocycles. The highest BCUT2D eigenvalue weighted by molar-refractivity contribution is 7.85. The van der Waals surface area contributed by atoms with E-state index in [2.05, 4.69) is 15.6 Å². The van der Waals surface area contributed by atoms with Gasteiger partial charge in [-0.1, -0.05) is 0 Å². The van der Waals surface area contributed by atoms with Crippen molar-refractivity contribution in [2.24, 2.45) is 0 Å². The molecule has 1 aromatic carbocycles. The lowest BCUT2D eigenvalue weighted by molar-refractivity contribution is -0.112. The molecule has 3 N–H and O–H groups in total. The van der Waals surface area contributed by atoms with Crippen molar-refractivity contribution in [2.45, 2.75) is 18.7 Å². The van der Waals surface area contributed by atoms with Crippen molar-refractivity contribution < 1.29 is 17.8 Å². The molecule has 2 rings (SSSR count). The zero-order chi connectivity index (χ0) is 18.6. The van der Waals surface area contributed by atoms with Crippen LogP contribution in [0.2, 0.25) is 0 Å². The van der Waals surface area contributed by atoms with Gasteiger partial charge >= 0.3 is 0 Å². The van der Waals surface area contributed by atoms with Crippen LogP contribution in [-0.2, 0) is 14.9 Å². The van der Waals surface area contributed by atoms with Crippen molar-refractivity contribution in [2.75, 3.05) is 10.6 Å². The summed E-state index contributed by atoms with van der Waals surface area (Å²) in [5, 5.41) is 14.9. The lowest BCUT2D eigenvalue weighted by Crippen LogP contribution is -2.14. The van der Waals surface area contributed by atoms with Gasteiger partial charge in [-0.25, -0.2) is 4.98 Å². The Morgan fingerprint density at radius 1 is 1.32 bits per heavy atom. The molecule has 0 unspecified atom stereocenters. The molecule has 0 fully saturated rings. The summed E-state index contributed by atoms with van der Waals surface area (Å²) in [4.78, 5) is 17.1. The van der Waals surface area contributed by atoms with Crippen LogP contribution in [0.15, 0.2) is 40.9 Å². The van der Waals surface area contributed by atoms with Crippen LogP contribution >= 0.6 is 11.3 Å². The fourth-order valence-electron chi connectivity index (χ4n) is 1.73. The smallest absolute Gasteiger partial charge is 0.294 e. The Labute approximate surface area is 148 Å². The van der Waals surface area contributed by atoms with E-state index in [1.807, 2.05) is 13.8 Å². The predicted molar refractivity (Wildman–Crippen MR) is 93.8 cm³/mol. The highest BCUT2D eigenvalue weighted by Gasteiger charge is 2.12. The van der Waals surface area contributed by atoms with E-state index in [0.29, 0.717) is 5.13 Å². The van der Waals surface area contributed by atoms with Gasteiger partial charge in [0.2, 0.25) is 0 Å². The fourth-order valence-corrected chi connectivity index (χ4v) is 2.99. The first-order valence-electron chi connectivity index (χ1n) is 6.90. The fraction of sp³-hybridized carbons (Fsp3) is 0.133. The van der Waals surface area contributed by atoms with Gasteiger partial charge in [-0.3, -0.25) is 9.35 Å². The number of nitrogens with one attached hydrogen (secondary N) is 2. The largest absolute Gasteiger partial charge is 0.337 e. The number of nitrogens with zero attached hydrogens (tertiary/aromatic N) is 2. The van der Waals surface area contributed by atoms with Crippen molar-refractivity contribution in [3.05, 3.63) is 46.6 Å². The van der Waals surface area contributed by atoms with E-state index < -0.39 is 16.0 Å². The Morgan fingerprint density at radius 3 is 2.44 bits per heavy atom. The maximum absolute atomic E-state index is 12.1. The van der Waals surface area contributed by atoms with Gasteiger partial charge < -0.3 is 10.6 Å². The van der Waals surface area contributed by atoms with Crippen LogP contribution in [0.1, 0.15) is 10.6 Å². The summed E-state index contributed by atoms with van der Waals surface area (Å²) in [6.45, 7) is 3.77. The summed E-state index contributed by atoms with van der Waals surface area (Å²) in [7, 11) is -4.30. The molecule has 8 nitrogen and oxygen atoms in total. The van der Waals surface area contributed by atoms with Crippen LogP contribution in [0.4, 0.5) is 10.8 Å². The Kier molecular flexibility index (Phi) is 5.53. The molecule has 130 valence electrons. The van der Waals surface area contributed by atoms with E-state index in [-0.39, 0.29) is 16.2 Å². The number of carbonyl (C=O) groups is 1. The summed E-state index contributed by atoms with van der Waals surface area (Å²) < 4.78 is 30.8. The highest BCUT2D eigenvalue weighted by atomic mass is 32.2. The Morgan fingerprint density at radius 2 is 1.96 bits per heavy atom. The van der Waals surface area contributed by atoms with E-state index in [1.165, 1.54) is 29.7 Å². The van der Waals surface area contributed by atoms with E-state index in [4.69, 9.17) is 9.81 Å². The lowest BCUT2D eigenvalue weighted by atomic mass is 10.2. The average molecular weight is 378 g/mol. The number of carbonyl (C=O) groups excluding carboxylic acids is 1. The second kappa shape index (κ2) is 7.43. The third-order valence-corrected chi connectivity index (χ3v) is 5.02. The number of anilines is 2. The third-order valence-electron chi connectivity index (χ3n) is 3.14. The topological polar surface area (TPSA) is 132 Å². The summed E-state index contributed by atoms with van der Waals surface area (Å²) in [6.07, 6.45) is 1.25. The lowest BCUT2D eigenvalue weighted by Gasteiger charge is -2.05. The Balaban J connectivity index is 2.09.